The van der Waals surface area contributed by atoms with Crippen molar-refractivity contribution in [3.63, 3.8) is 0 Å². The molecule has 2 atom stereocenters. The normalized spacial score (nSPS) is 16.6. The van der Waals surface area contributed by atoms with E-state index in [0.29, 0.717) is 31.4 Å². The van der Waals surface area contributed by atoms with Crippen LogP contribution in [0.1, 0.15) is 51.1 Å². The molecule has 1 saturated heterocycles. The highest BCUT2D eigenvalue weighted by Gasteiger charge is 2.39. The van der Waals surface area contributed by atoms with Gasteiger partial charge in [-0.2, -0.15) is 0 Å². The number of rotatable bonds is 10. The zero-order chi connectivity index (χ0) is 29.8. The van der Waals surface area contributed by atoms with Crippen LogP contribution >= 0.6 is 34.3 Å². The summed E-state index contributed by atoms with van der Waals surface area (Å²) in [5, 5.41) is 6.16. The molecule has 0 unspecified atom stereocenters. The number of aryl methyl sites for hydroxylation is 1. The summed E-state index contributed by atoms with van der Waals surface area (Å²) in [4.78, 5) is 45.4. The Morgan fingerprint density at radius 2 is 2.00 bits per heavy atom. The van der Waals surface area contributed by atoms with Crippen LogP contribution in [-0.2, 0) is 31.9 Å². The molecule has 2 aromatic heterocycles. The number of likely N-dealkylation sites (tertiary alicyclic amines) is 1. The Morgan fingerprint density at radius 3 is 2.79 bits per heavy atom. The molecule has 42 heavy (non-hydrogen) atoms. The summed E-state index contributed by atoms with van der Waals surface area (Å²) < 4.78 is 26.4. The minimum Gasteiger partial charge on any atom is -0.469 e. The highest BCUT2D eigenvalue weighted by molar-refractivity contribution is 7.17. The number of esters is 1. The van der Waals surface area contributed by atoms with Crippen molar-refractivity contribution in [3.8, 4) is 0 Å². The molecule has 2 amide bonds. The Kier molecular flexibility index (Phi) is 9.52. The summed E-state index contributed by atoms with van der Waals surface area (Å²) in [6.45, 7) is 0.342. The maximum absolute atomic E-state index is 15.3. The van der Waals surface area contributed by atoms with E-state index in [4.69, 9.17) is 21.1 Å². The Morgan fingerprint density at radius 1 is 1.19 bits per heavy atom. The number of hydrogen-bond acceptors (Lipinski definition) is 8. The van der Waals surface area contributed by atoms with Gasteiger partial charge in [0.25, 0.3) is 5.91 Å². The van der Waals surface area contributed by atoms with Crippen LogP contribution in [0.15, 0.2) is 48.0 Å². The van der Waals surface area contributed by atoms with Crippen LogP contribution in [0.2, 0.25) is 5.02 Å². The first-order valence-electron chi connectivity index (χ1n) is 13.4. The van der Waals surface area contributed by atoms with Crippen LogP contribution in [-0.4, -0.2) is 54.5 Å². The van der Waals surface area contributed by atoms with E-state index in [-0.39, 0.29) is 53.1 Å². The van der Waals surface area contributed by atoms with E-state index in [2.05, 4.69) is 10.3 Å². The summed E-state index contributed by atoms with van der Waals surface area (Å²) >= 11 is 9.37. The molecule has 220 valence electrons. The van der Waals surface area contributed by atoms with Gasteiger partial charge in [-0.05, 0) is 43.0 Å². The number of carbonyl (C=O) groups excluding carboxylic acids is 3. The first-order valence-corrected chi connectivity index (χ1v) is 15.4. The fourth-order valence-corrected chi connectivity index (χ4v) is 7.42. The third-order valence-electron chi connectivity index (χ3n) is 7.26. The zero-order valence-electron chi connectivity index (χ0n) is 23.0. The molecule has 1 aliphatic heterocycles. The van der Waals surface area contributed by atoms with Crippen molar-refractivity contribution in [2.45, 2.75) is 44.2 Å². The number of nitrogens with zero attached hydrogens (tertiary/aromatic N) is 2. The maximum atomic E-state index is 15.3. The molecule has 3 heterocycles. The minimum absolute atomic E-state index is 0.128. The van der Waals surface area contributed by atoms with Gasteiger partial charge in [0.2, 0.25) is 5.91 Å². The van der Waals surface area contributed by atoms with Gasteiger partial charge in [-0.3, -0.25) is 14.4 Å². The second-order valence-corrected chi connectivity index (χ2v) is 12.4. The number of methoxy groups -OCH3 is 2. The lowest BCUT2D eigenvalue weighted by atomic mass is 10.1. The quantitative estimate of drug-likeness (QED) is 0.203. The van der Waals surface area contributed by atoms with E-state index in [9.17, 15) is 14.4 Å². The molecule has 0 radical (unpaired) electrons. The van der Waals surface area contributed by atoms with Crippen LogP contribution in [0.25, 0.3) is 10.1 Å². The number of aromatic nitrogens is 1. The number of fused-ring (bicyclic) bond motifs is 1. The van der Waals surface area contributed by atoms with Gasteiger partial charge >= 0.3 is 5.97 Å². The number of thiazole rings is 1. The molecular weight excluding hydrogens is 601 g/mol. The first-order chi connectivity index (χ1) is 20.3. The number of halogens is 2. The highest BCUT2D eigenvalue weighted by atomic mass is 35.5. The van der Waals surface area contributed by atoms with Gasteiger partial charge in [0.1, 0.15) is 10.8 Å². The van der Waals surface area contributed by atoms with Gasteiger partial charge in [0, 0.05) is 33.6 Å². The molecule has 0 saturated carbocycles. The van der Waals surface area contributed by atoms with Crippen molar-refractivity contribution in [2.24, 2.45) is 0 Å². The number of nitrogens with one attached hydrogen (secondary N) is 1. The Hall–Kier alpha value is -3.38. The highest BCUT2D eigenvalue weighted by Crippen LogP contribution is 2.39. The zero-order valence-corrected chi connectivity index (χ0v) is 25.4. The molecular formula is C30H29ClFN3O5S2. The van der Waals surface area contributed by atoms with Gasteiger partial charge in [0.05, 0.1) is 54.9 Å². The van der Waals surface area contributed by atoms with Gasteiger partial charge in [-0.15, -0.1) is 22.7 Å². The van der Waals surface area contributed by atoms with Crippen LogP contribution in [0, 0.1) is 5.82 Å². The summed E-state index contributed by atoms with van der Waals surface area (Å²) in [6, 6.07) is 9.60. The van der Waals surface area contributed by atoms with Gasteiger partial charge in [0.15, 0.2) is 0 Å². The predicted octanol–water partition coefficient (Wildman–Crippen LogP) is 6.43. The number of anilines is 1. The maximum Gasteiger partial charge on any atom is 0.305 e. The lowest BCUT2D eigenvalue weighted by Gasteiger charge is -2.29. The van der Waals surface area contributed by atoms with E-state index in [0.717, 1.165) is 26.0 Å². The number of benzene rings is 2. The van der Waals surface area contributed by atoms with Crippen molar-refractivity contribution in [2.75, 3.05) is 26.1 Å². The molecule has 0 aliphatic carbocycles. The monoisotopic (exact) mass is 629 g/mol. The van der Waals surface area contributed by atoms with Crippen molar-refractivity contribution < 1.29 is 28.2 Å². The topological polar surface area (TPSA) is 97.8 Å². The molecule has 12 heteroatoms. The number of hydrogen-bond donors (Lipinski definition) is 1. The van der Waals surface area contributed by atoms with Crippen LogP contribution in [0.4, 0.5) is 10.1 Å². The van der Waals surface area contributed by atoms with Gasteiger partial charge in [-0.25, -0.2) is 9.37 Å². The summed E-state index contributed by atoms with van der Waals surface area (Å²) in [5.41, 5.74) is 0.735. The summed E-state index contributed by atoms with van der Waals surface area (Å²) in [5.74, 6) is -1.61. The fraction of sp³-hybridized carbons (Fsp3) is 0.333. The second-order valence-electron chi connectivity index (χ2n) is 9.94. The van der Waals surface area contributed by atoms with Crippen molar-refractivity contribution in [1.29, 1.82) is 0 Å². The largest absolute Gasteiger partial charge is 0.469 e. The average Bonchev–Trinajstić information content (AvgIpc) is 3.73. The molecule has 2 aromatic carbocycles. The van der Waals surface area contributed by atoms with Gasteiger partial charge in [-0.1, -0.05) is 29.8 Å². The van der Waals surface area contributed by atoms with Crippen LogP contribution < -0.4 is 5.32 Å². The van der Waals surface area contributed by atoms with Crippen LogP contribution in [0.3, 0.4) is 0 Å². The first kappa shape index (κ1) is 30.1. The third-order valence-corrected chi connectivity index (χ3v) is 9.70. The number of carbonyl (C=O) groups is 3. The molecule has 0 bridgehead atoms. The predicted molar refractivity (Wildman–Crippen MR) is 162 cm³/mol. The lowest BCUT2D eigenvalue weighted by molar-refractivity contribution is -0.140. The minimum atomic E-state index is -0.642. The Bertz CT molecular complexity index is 1620. The summed E-state index contributed by atoms with van der Waals surface area (Å²) in [6.07, 6.45) is 3.66. The Labute approximate surface area is 255 Å². The average molecular weight is 630 g/mol. The number of amides is 2. The van der Waals surface area contributed by atoms with E-state index >= 15 is 4.39 Å². The number of ether oxygens (including phenoxy) is 2. The molecule has 0 spiro atoms. The third kappa shape index (κ3) is 6.49. The molecule has 8 nitrogen and oxygen atoms in total. The van der Waals surface area contributed by atoms with Crippen LogP contribution in [0.5, 0.6) is 0 Å². The molecule has 4 aromatic rings. The van der Waals surface area contributed by atoms with Gasteiger partial charge < -0.3 is 19.7 Å². The van der Waals surface area contributed by atoms with E-state index in [1.165, 1.54) is 35.8 Å². The molecule has 1 N–H and O–H groups in total. The van der Waals surface area contributed by atoms with Crippen molar-refractivity contribution in [3.05, 3.63) is 79.8 Å². The molecule has 1 aliphatic rings. The molecule has 5 rings (SSSR count). The standard InChI is InChI=1S/C30H29ClFN3O5S2/c1-39-15-18-7-9-25(30-33-14-19(42-30)8-10-28(37)40-2)35(18)27(36)12-17-11-22(31)24(13-23(17)32)34-29(38)21-16-41-26-6-4-3-5-20(21)26/h3-6,11,13-14,16,18,25H,7-10,12,15H2,1-2H3,(H,34,38)/t18-,25-/m0/s1. The Balaban J connectivity index is 1.31. The summed E-state index contributed by atoms with van der Waals surface area (Å²) in [7, 11) is 2.93. The van der Waals surface area contributed by atoms with E-state index in [1.807, 2.05) is 24.3 Å². The SMILES string of the molecule is COC[C@@H]1CC[C@@H](c2ncc(CCC(=O)OC)s2)N1C(=O)Cc1cc(Cl)c(NC(=O)c2csc3ccccc23)cc1F. The lowest BCUT2D eigenvalue weighted by Crippen LogP contribution is -2.40. The smallest absolute Gasteiger partial charge is 0.305 e. The van der Waals surface area contributed by atoms with Crippen molar-refractivity contribution >= 4 is 67.8 Å². The molecule has 1 fully saturated rings. The fourth-order valence-electron chi connectivity index (χ4n) is 5.20. The van der Waals surface area contributed by atoms with Crippen molar-refractivity contribution in [1.82, 2.24) is 9.88 Å². The van der Waals surface area contributed by atoms with E-state index < -0.39 is 11.7 Å². The second kappa shape index (κ2) is 13.3. The van der Waals surface area contributed by atoms with E-state index in [1.54, 1.807) is 23.6 Å². The number of thiophene rings is 1.